The van der Waals surface area contributed by atoms with E-state index < -0.39 is 59.2 Å². The third-order valence-corrected chi connectivity index (χ3v) is 6.06. The summed E-state index contributed by atoms with van der Waals surface area (Å²) in [5.41, 5.74) is 4.08. The standard InChI is InChI=1S/C13H26BN3O8S/c1-8(2)10(11(18)19)16-26(24,25)17-6-9(4-3-5-14(22)23)13(15,7-17)12(20)21/h8-10,16,22-23H,3-7,15H2,1-2H3,(H,18,19)(H,20,21)/t9-,10-,13-/m0/s1. The van der Waals surface area contributed by atoms with Gasteiger partial charge in [-0.1, -0.05) is 20.3 Å². The molecule has 0 saturated carbocycles. The molecule has 1 aliphatic heterocycles. The maximum atomic E-state index is 12.5. The third-order valence-electron chi connectivity index (χ3n) is 4.55. The van der Waals surface area contributed by atoms with Gasteiger partial charge in [0.1, 0.15) is 11.6 Å². The van der Waals surface area contributed by atoms with Crippen molar-refractivity contribution in [2.24, 2.45) is 17.6 Å². The Labute approximate surface area is 152 Å². The Kier molecular flexibility index (Phi) is 7.57. The molecule has 0 aromatic rings. The molecule has 1 rings (SSSR count). The van der Waals surface area contributed by atoms with Gasteiger partial charge in [0.25, 0.3) is 10.2 Å². The Morgan fingerprint density at radius 2 is 1.92 bits per heavy atom. The van der Waals surface area contributed by atoms with Crippen LogP contribution in [0.1, 0.15) is 26.7 Å². The second-order valence-corrected chi connectivity index (χ2v) is 8.63. The summed E-state index contributed by atoms with van der Waals surface area (Å²) in [6.07, 6.45) is 0.435. The topological polar surface area (TPSA) is 190 Å². The highest BCUT2D eigenvalue weighted by Crippen LogP contribution is 2.32. The molecule has 1 saturated heterocycles. The van der Waals surface area contributed by atoms with Crippen LogP contribution < -0.4 is 10.5 Å². The minimum absolute atomic E-state index is 0.00559. The van der Waals surface area contributed by atoms with Gasteiger partial charge in [-0.3, -0.25) is 9.59 Å². The second kappa shape index (κ2) is 8.63. The molecule has 0 aromatic carbocycles. The van der Waals surface area contributed by atoms with Crippen molar-refractivity contribution in [3.8, 4) is 0 Å². The second-order valence-electron chi connectivity index (χ2n) is 6.93. The van der Waals surface area contributed by atoms with Crippen LogP contribution in [0.15, 0.2) is 0 Å². The molecule has 11 nitrogen and oxygen atoms in total. The summed E-state index contributed by atoms with van der Waals surface area (Å²) in [6, 6.07) is -1.36. The van der Waals surface area contributed by atoms with Crippen molar-refractivity contribution in [2.45, 2.75) is 44.6 Å². The maximum Gasteiger partial charge on any atom is 0.451 e. The molecule has 13 heteroatoms. The SMILES string of the molecule is CC(C)[C@H](NS(=O)(=O)N1C[C@H](CCCB(O)O)[C@](N)(C(=O)O)C1)C(=O)O. The van der Waals surface area contributed by atoms with E-state index in [0.717, 1.165) is 4.31 Å². The van der Waals surface area contributed by atoms with Gasteiger partial charge in [0, 0.05) is 19.0 Å². The van der Waals surface area contributed by atoms with Gasteiger partial charge in [-0.15, -0.1) is 0 Å². The summed E-state index contributed by atoms with van der Waals surface area (Å²) < 4.78 is 27.9. The maximum absolute atomic E-state index is 12.5. The lowest BCUT2D eigenvalue weighted by Crippen LogP contribution is -2.56. The molecule has 0 unspecified atom stereocenters. The molecule has 0 radical (unpaired) electrons. The number of hydrogen-bond donors (Lipinski definition) is 6. The first-order chi connectivity index (χ1) is 11.8. The van der Waals surface area contributed by atoms with Crippen molar-refractivity contribution in [3.05, 3.63) is 0 Å². The molecular weight excluding hydrogens is 369 g/mol. The number of rotatable bonds is 10. The molecule has 0 amide bonds. The lowest BCUT2D eigenvalue weighted by Gasteiger charge is -2.25. The highest BCUT2D eigenvalue weighted by atomic mass is 32.2. The van der Waals surface area contributed by atoms with E-state index >= 15 is 0 Å². The van der Waals surface area contributed by atoms with Crippen LogP contribution >= 0.6 is 0 Å². The van der Waals surface area contributed by atoms with E-state index in [4.69, 9.17) is 20.9 Å². The smallest absolute Gasteiger partial charge is 0.451 e. The molecule has 1 heterocycles. The number of carboxylic acid groups (broad SMARTS) is 2. The molecule has 0 aromatic heterocycles. The van der Waals surface area contributed by atoms with Crippen molar-refractivity contribution in [1.82, 2.24) is 9.03 Å². The van der Waals surface area contributed by atoms with Gasteiger partial charge in [0.2, 0.25) is 0 Å². The van der Waals surface area contributed by atoms with Crippen LogP contribution in [-0.4, -0.2) is 76.7 Å². The van der Waals surface area contributed by atoms with E-state index in [1.807, 2.05) is 0 Å². The quantitative estimate of drug-likeness (QED) is 0.225. The van der Waals surface area contributed by atoms with Gasteiger partial charge in [-0.2, -0.15) is 17.4 Å². The Balaban J connectivity index is 2.96. The van der Waals surface area contributed by atoms with Crippen molar-refractivity contribution in [1.29, 1.82) is 0 Å². The van der Waals surface area contributed by atoms with E-state index in [0.29, 0.717) is 0 Å². The van der Waals surface area contributed by atoms with E-state index in [1.54, 1.807) is 13.8 Å². The van der Waals surface area contributed by atoms with E-state index in [-0.39, 0.29) is 25.7 Å². The minimum atomic E-state index is -4.27. The third kappa shape index (κ3) is 5.38. The number of nitrogens with zero attached hydrogens (tertiary/aromatic N) is 1. The molecule has 0 aliphatic carbocycles. The number of carbonyl (C=O) groups is 2. The largest absolute Gasteiger partial charge is 0.480 e. The predicted molar refractivity (Wildman–Crippen MR) is 92.2 cm³/mol. The molecule has 1 aliphatic rings. The monoisotopic (exact) mass is 395 g/mol. The molecule has 3 atom stereocenters. The fraction of sp³-hybridized carbons (Fsp3) is 0.846. The van der Waals surface area contributed by atoms with Crippen molar-refractivity contribution >= 4 is 29.3 Å². The van der Waals surface area contributed by atoms with Crippen LogP contribution in [0.3, 0.4) is 0 Å². The molecule has 0 spiro atoms. The lowest BCUT2D eigenvalue weighted by molar-refractivity contribution is -0.144. The number of carboxylic acids is 2. The summed E-state index contributed by atoms with van der Waals surface area (Å²) in [5.74, 6) is -3.98. The minimum Gasteiger partial charge on any atom is -0.480 e. The van der Waals surface area contributed by atoms with Crippen LogP contribution in [0.4, 0.5) is 0 Å². The number of nitrogens with one attached hydrogen (secondary N) is 1. The summed E-state index contributed by atoms with van der Waals surface area (Å²) in [4.78, 5) is 22.8. The highest BCUT2D eigenvalue weighted by Gasteiger charge is 2.52. The van der Waals surface area contributed by atoms with Gasteiger partial charge in [-0.25, -0.2) is 0 Å². The van der Waals surface area contributed by atoms with Crippen molar-refractivity contribution in [3.63, 3.8) is 0 Å². The molecule has 1 fully saturated rings. The van der Waals surface area contributed by atoms with Crippen LogP contribution in [0.25, 0.3) is 0 Å². The first kappa shape index (κ1) is 22.8. The lowest BCUT2D eigenvalue weighted by atomic mass is 9.78. The molecule has 150 valence electrons. The number of hydrogen-bond acceptors (Lipinski definition) is 7. The first-order valence-corrected chi connectivity index (χ1v) is 9.64. The van der Waals surface area contributed by atoms with Gasteiger partial charge < -0.3 is 26.0 Å². The van der Waals surface area contributed by atoms with E-state index in [1.165, 1.54) is 0 Å². The van der Waals surface area contributed by atoms with Crippen LogP contribution in [0.2, 0.25) is 6.32 Å². The number of nitrogens with two attached hydrogens (primary N) is 1. The summed E-state index contributed by atoms with van der Waals surface area (Å²) in [6.45, 7) is 2.37. The Bertz CT molecular complexity index is 629. The summed E-state index contributed by atoms with van der Waals surface area (Å²) >= 11 is 0. The number of aliphatic carboxylic acids is 2. The molecule has 0 bridgehead atoms. The van der Waals surface area contributed by atoms with E-state index in [9.17, 15) is 23.1 Å². The fourth-order valence-electron chi connectivity index (χ4n) is 2.92. The Morgan fingerprint density at radius 1 is 1.35 bits per heavy atom. The fourth-order valence-corrected chi connectivity index (χ4v) is 4.52. The molecule has 7 N–H and O–H groups in total. The van der Waals surface area contributed by atoms with Gasteiger partial charge in [0.15, 0.2) is 0 Å². The van der Waals surface area contributed by atoms with Crippen LogP contribution in [0.5, 0.6) is 0 Å². The van der Waals surface area contributed by atoms with Gasteiger partial charge in [0.05, 0.1) is 0 Å². The van der Waals surface area contributed by atoms with Crippen molar-refractivity contribution < 1.29 is 38.3 Å². The summed E-state index contributed by atoms with van der Waals surface area (Å²) in [7, 11) is -5.81. The van der Waals surface area contributed by atoms with Crippen molar-refractivity contribution in [2.75, 3.05) is 13.1 Å². The molecule has 26 heavy (non-hydrogen) atoms. The normalized spacial score (nSPS) is 25.4. The van der Waals surface area contributed by atoms with Gasteiger partial charge in [-0.05, 0) is 18.7 Å². The zero-order chi connectivity index (χ0) is 20.3. The van der Waals surface area contributed by atoms with Crippen LogP contribution in [0, 0.1) is 11.8 Å². The Hall–Kier alpha value is -1.25. The average Bonchev–Trinajstić information content (AvgIpc) is 2.83. The Morgan fingerprint density at radius 3 is 2.35 bits per heavy atom. The highest BCUT2D eigenvalue weighted by molar-refractivity contribution is 7.87. The first-order valence-electron chi connectivity index (χ1n) is 8.20. The summed E-state index contributed by atoms with van der Waals surface area (Å²) in [5, 5.41) is 36.4. The zero-order valence-electron chi connectivity index (χ0n) is 14.7. The van der Waals surface area contributed by atoms with Gasteiger partial charge >= 0.3 is 19.1 Å². The predicted octanol–water partition coefficient (Wildman–Crippen LogP) is -2.10. The van der Waals surface area contributed by atoms with E-state index in [2.05, 4.69) is 4.72 Å². The van der Waals surface area contributed by atoms with Crippen LogP contribution in [-0.2, 0) is 19.8 Å². The molecular formula is C13H26BN3O8S. The average molecular weight is 395 g/mol. The zero-order valence-corrected chi connectivity index (χ0v) is 15.5.